The third kappa shape index (κ3) is 5.51. The molecule has 1 unspecified atom stereocenters. The van der Waals surface area contributed by atoms with Crippen LogP contribution in [0.25, 0.3) is 11.1 Å². The molecule has 0 bridgehead atoms. The van der Waals surface area contributed by atoms with Crippen molar-refractivity contribution in [3.63, 3.8) is 0 Å². The molecule has 0 heterocycles. The van der Waals surface area contributed by atoms with Crippen molar-refractivity contribution in [2.45, 2.75) is 38.8 Å². The number of hydrogen-bond donors (Lipinski definition) is 3. The monoisotopic (exact) mass is 454 g/mol. The summed E-state index contributed by atoms with van der Waals surface area (Å²) in [6.45, 7) is 5.08. The third-order valence-corrected chi connectivity index (χ3v) is 5.69. The number of benzene rings is 2. The molecule has 3 N–H and O–H groups in total. The summed E-state index contributed by atoms with van der Waals surface area (Å²) in [4.78, 5) is 36.8. The van der Waals surface area contributed by atoms with Crippen LogP contribution >= 0.6 is 0 Å². The lowest BCUT2D eigenvalue weighted by molar-refractivity contribution is -0.145. The Bertz CT molecular complexity index is 984. The Morgan fingerprint density at radius 1 is 0.970 bits per heavy atom. The lowest BCUT2D eigenvalue weighted by atomic mass is 9.86. The highest BCUT2D eigenvalue weighted by molar-refractivity contribution is 5.89. The first-order chi connectivity index (χ1) is 15.6. The zero-order valence-corrected chi connectivity index (χ0v) is 19.3. The first kappa shape index (κ1) is 24.3. The van der Waals surface area contributed by atoms with Crippen molar-refractivity contribution in [2.24, 2.45) is 5.41 Å². The van der Waals surface area contributed by atoms with Crippen LogP contribution in [0.5, 0.6) is 0 Å². The van der Waals surface area contributed by atoms with E-state index in [2.05, 4.69) is 10.6 Å². The van der Waals surface area contributed by atoms with Gasteiger partial charge in [0.15, 0.2) is 0 Å². The maximum atomic E-state index is 12.7. The minimum Gasteiger partial charge on any atom is -0.480 e. The maximum Gasteiger partial charge on any atom is 0.407 e. The smallest absolute Gasteiger partial charge is 0.407 e. The molecule has 8 nitrogen and oxygen atoms in total. The van der Waals surface area contributed by atoms with Gasteiger partial charge in [0.25, 0.3) is 0 Å². The van der Waals surface area contributed by atoms with Gasteiger partial charge in [-0.3, -0.25) is 4.79 Å². The van der Waals surface area contributed by atoms with Gasteiger partial charge in [-0.05, 0) is 27.7 Å². The lowest BCUT2D eigenvalue weighted by Crippen LogP contribution is -2.56. The summed E-state index contributed by atoms with van der Waals surface area (Å²) in [5, 5.41) is 14.4. The molecule has 0 saturated carbocycles. The third-order valence-electron chi connectivity index (χ3n) is 5.69. The van der Waals surface area contributed by atoms with Gasteiger partial charge in [0, 0.05) is 13.0 Å². The highest BCUT2D eigenvalue weighted by Crippen LogP contribution is 2.44. The number of fused-ring (bicyclic) bond motifs is 3. The van der Waals surface area contributed by atoms with Crippen LogP contribution < -0.4 is 10.6 Å². The Balaban J connectivity index is 1.66. The summed E-state index contributed by atoms with van der Waals surface area (Å²) in [5.41, 5.74) is 3.66. The van der Waals surface area contributed by atoms with Crippen molar-refractivity contribution in [2.75, 3.05) is 20.3 Å². The molecule has 2 aromatic carbocycles. The standard InChI is InChI=1S/C25H30N2O6/c1-25(2,3)21(23(29)30)27-22(28)20(14-32-4)26-24(31)33-13-19-17-11-7-5-9-15(17)16-10-6-8-12-18(16)19/h5-12,19-21H,13-14H2,1-4H3,(H,26,31)(H,27,28)(H,29,30)/t20?,21-/m1/s1. The highest BCUT2D eigenvalue weighted by atomic mass is 16.5. The number of alkyl carbamates (subject to hydrolysis) is 1. The average molecular weight is 455 g/mol. The number of carbonyl (C=O) groups is 3. The molecule has 2 aromatic rings. The topological polar surface area (TPSA) is 114 Å². The van der Waals surface area contributed by atoms with Gasteiger partial charge in [-0.15, -0.1) is 0 Å². The summed E-state index contributed by atoms with van der Waals surface area (Å²) in [7, 11) is 1.39. The predicted octanol–water partition coefficient (Wildman–Crippen LogP) is 3.16. The second-order valence-electron chi connectivity index (χ2n) is 9.12. The molecule has 0 fully saturated rings. The second kappa shape index (κ2) is 10.0. The van der Waals surface area contributed by atoms with Crippen LogP contribution in [0.2, 0.25) is 0 Å². The average Bonchev–Trinajstić information content (AvgIpc) is 3.08. The summed E-state index contributed by atoms with van der Waals surface area (Å²) < 4.78 is 10.5. The summed E-state index contributed by atoms with van der Waals surface area (Å²) in [5.74, 6) is -1.93. The SMILES string of the molecule is COCC(NC(=O)OCC1c2ccccc2-c2ccccc21)C(=O)N[C@H](C(=O)O)C(C)(C)C. The van der Waals surface area contributed by atoms with Crippen LogP contribution in [0.3, 0.4) is 0 Å². The Hall–Kier alpha value is -3.39. The second-order valence-corrected chi connectivity index (χ2v) is 9.12. The Morgan fingerprint density at radius 3 is 2.00 bits per heavy atom. The van der Waals surface area contributed by atoms with Crippen molar-refractivity contribution < 1.29 is 29.0 Å². The van der Waals surface area contributed by atoms with Gasteiger partial charge in [-0.2, -0.15) is 0 Å². The fourth-order valence-corrected chi connectivity index (χ4v) is 4.02. The number of hydrogen-bond acceptors (Lipinski definition) is 5. The van der Waals surface area contributed by atoms with E-state index in [1.54, 1.807) is 20.8 Å². The normalized spacial score (nSPS) is 14.5. The van der Waals surface area contributed by atoms with Crippen LogP contribution in [-0.4, -0.2) is 55.5 Å². The number of amides is 2. The van der Waals surface area contributed by atoms with Crippen LogP contribution in [0.4, 0.5) is 4.79 Å². The van der Waals surface area contributed by atoms with E-state index in [-0.39, 0.29) is 19.1 Å². The van der Waals surface area contributed by atoms with Crippen LogP contribution in [0.1, 0.15) is 37.8 Å². The van der Waals surface area contributed by atoms with Gasteiger partial charge < -0.3 is 25.2 Å². The van der Waals surface area contributed by atoms with Gasteiger partial charge >= 0.3 is 12.1 Å². The minimum atomic E-state index is -1.16. The summed E-state index contributed by atoms with van der Waals surface area (Å²) in [6, 6.07) is 13.7. The first-order valence-corrected chi connectivity index (χ1v) is 10.8. The Kier molecular flexibility index (Phi) is 7.38. The van der Waals surface area contributed by atoms with E-state index in [1.807, 2.05) is 48.5 Å². The molecule has 0 spiro atoms. The number of ether oxygens (including phenoxy) is 2. The molecule has 0 saturated heterocycles. The van der Waals surface area contributed by atoms with E-state index in [1.165, 1.54) is 7.11 Å². The quantitative estimate of drug-likeness (QED) is 0.565. The van der Waals surface area contributed by atoms with Crippen molar-refractivity contribution in [3.05, 3.63) is 59.7 Å². The van der Waals surface area contributed by atoms with Crippen molar-refractivity contribution in [1.82, 2.24) is 10.6 Å². The molecule has 0 aromatic heterocycles. The lowest BCUT2D eigenvalue weighted by Gasteiger charge is -2.29. The van der Waals surface area contributed by atoms with E-state index in [9.17, 15) is 19.5 Å². The van der Waals surface area contributed by atoms with Crippen molar-refractivity contribution in [1.29, 1.82) is 0 Å². The summed E-state index contributed by atoms with van der Waals surface area (Å²) in [6.07, 6.45) is -0.781. The zero-order chi connectivity index (χ0) is 24.2. The van der Waals surface area contributed by atoms with Gasteiger partial charge in [0.2, 0.25) is 5.91 Å². The minimum absolute atomic E-state index is 0.0981. The molecule has 2 amide bonds. The Morgan fingerprint density at radius 2 is 1.52 bits per heavy atom. The number of nitrogens with one attached hydrogen (secondary N) is 2. The molecule has 33 heavy (non-hydrogen) atoms. The van der Waals surface area contributed by atoms with E-state index in [0.717, 1.165) is 22.3 Å². The number of carboxylic acids is 1. The molecule has 176 valence electrons. The number of carboxylic acid groups (broad SMARTS) is 1. The Labute approximate surface area is 193 Å². The van der Waals surface area contributed by atoms with Crippen molar-refractivity contribution in [3.8, 4) is 11.1 Å². The molecule has 3 rings (SSSR count). The van der Waals surface area contributed by atoms with Gasteiger partial charge in [-0.25, -0.2) is 9.59 Å². The molecular weight excluding hydrogens is 424 g/mol. The molecular formula is C25H30N2O6. The molecule has 8 heteroatoms. The van der Waals surface area contributed by atoms with Crippen LogP contribution in [0, 0.1) is 5.41 Å². The van der Waals surface area contributed by atoms with Gasteiger partial charge in [0.05, 0.1) is 6.61 Å². The fraction of sp³-hybridized carbons (Fsp3) is 0.400. The van der Waals surface area contributed by atoms with E-state index >= 15 is 0 Å². The number of rotatable bonds is 8. The molecule has 0 aliphatic heterocycles. The van der Waals surface area contributed by atoms with E-state index in [4.69, 9.17) is 9.47 Å². The number of methoxy groups -OCH3 is 1. The summed E-state index contributed by atoms with van der Waals surface area (Å²) >= 11 is 0. The first-order valence-electron chi connectivity index (χ1n) is 10.8. The number of aliphatic carboxylic acids is 1. The highest BCUT2D eigenvalue weighted by Gasteiger charge is 2.35. The van der Waals surface area contributed by atoms with Gasteiger partial charge in [0.1, 0.15) is 18.7 Å². The largest absolute Gasteiger partial charge is 0.480 e. The van der Waals surface area contributed by atoms with Crippen LogP contribution in [-0.2, 0) is 19.1 Å². The predicted molar refractivity (Wildman–Crippen MR) is 123 cm³/mol. The van der Waals surface area contributed by atoms with Gasteiger partial charge in [-0.1, -0.05) is 69.3 Å². The van der Waals surface area contributed by atoms with Crippen LogP contribution in [0.15, 0.2) is 48.5 Å². The van der Waals surface area contributed by atoms with E-state index in [0.29, 0.717) is 0 Å². The van der Waals surface area contributed by atoms with Crippen molar-refractivity contribution >= 4 is 18.0 Å². The van der Waals surface area contributed by atoms with E-state index < -0.39 is 35.5 Å². The fourth-order valence-electron chi connectivity index (χ4n) is 4.02. The maximum absolute atomic E-state index is 12.7. The zero-order valence-electron chi connectivity index (χ0n) is 19.3. The molecule has 1 aliphatic rings. The molecule has 2 atom stereocenters. The molecule has 1 aliphatic carbocycles. The molecule has 0 radical (unpaired) electrons. The number of carbonyl (C=O) groups excluding carboxylic acids is 2.